The topological polar surface area (TPSA) is 69.3 Å². The van der Waals surface area contributed by atoms with Crippen molar-refractivity contribution in [2.75, 3.05) is 5.32 Å². The van der Waals surface area contributed by atoms with Crippen molar-refractivity contribution in [1.82, 2.24) is 9.78 Å². The third-order valence-corrected chi connectivity index (χ3v) is 3.56. The lowest BCUT2D eigenvalue weighted by Gasteiger charge is -2.04. The summed E-state index contributed by atoms with van der Waals surface area (Å²) in [5.74, 6) is 1.63. The van der Waals surface area contributed by atoms with Gasteiger partial charge in [-0.25, -0.2) is 0 Å². The molecule has 2 aromatic heterocycles. The predicted molar refractivity (Wildman–Crippen MR) is 88.3 cm³/mol. The maximum Gasteiger partial charge on any atom is 0.292 e. The van der Waals surface area contributed by atoms with Crippen molar-refractivity contribution in [3.8, 4) is 5.75 Å². The first-order valence-electron chi connectivity index (χ1n) is 6.88. The molecule has 0 aliphatic carbocycles. The fourth-order valence-electron chi connectivity index (χ4n) is 1.92. The molecule has 0 radical (unpaired) electrons. The smallest absolute Gasteiger partial charge is 0.292 e. The Balaban J connectivity index is 1.59. The maximum atomic E-state index is 12.0. The van der Waals surface area contributed by atoms with Crippen LogP contribution in [0.1, 0.15) is 16.3 Å². The molecular formula is C16H14BrN3O3. The molecule has 118 valence electrons. The minimum Gasteiger partial charge on any atom is -0.486 e. The Morgan fingerprint density at radius 2 is 2.04 bits per heavy atom. The second-order valence-corrected chi connectivity index (χ2v) is 5.75. The summed E-state index contributed by atoms with van der Waals surface area (Å²) < 4.78 is 13.7. The molecule has 1 amide bonds. The Morgan fingerprint density at radius 3 is 2.74 bits per heavy atom. The van der Waals surface area contributed by atoms with Gasteiger partial charge in [-0.15, -0.1) is 0 Å². The van der Waals surface area contributed by atoms with Crippen molar-refractivity contribution in [3.05, 3.63) is 64.7 Å². The molecule has 0 saturated heterocycles. The molecule has 1 N–H and O–H groups in total. The molecule has 0 spiro atoms. The Kier molecular flexibility index (Phi) is 4.47. The summed E-state index contributed by atoms with van der Waals surface area (Å²) >= 11 is 3.36. The molecule has 0 aliphatic rings. The first-order chi connectivity index (χ1) is 11.1. The molecule has 0 saturated carbocycles. The predicted octanol–water partition coefficient (Wildman–Crippen LogP) is 3.61. The van der Waals surface area contributed by atoms with Crippen LogP contribution in [0.25, 0.3) is 0 Å². The number of aryl methyl sites for hydroxylation is 1. The molecule has 6 nitrogen and oxygen atoms in total. The zero-order valence-corrected chi connectivity index (χ0v) is 13.9. The first kappa shape index (κ1) is 15.4. The second-order valence-electron chi connectivity index (χ2n) is 4.84. The van der Waals surface area contributed by atoms with Crippen LogP contribution in [0.15, 0.2) is 57.6 Å². The summed E-state index contributed by atoms with van der Waals surface area (Å²) in [5.41, 5.74) is 0. The van der Waals surface area contributed by atoms with E-state index in [4.69, 9.17) is 9.15 Å². The van der Waals surface area contributed by atoms with Crippen molar-refractivity contribution < 1.29 is 13.9 Å². The fraction of sp³-hybridized carbons (Fsp3) is 0.125. The Bertz CT molecular complexity index is 808. The summed E-state index contributed by atoms with van der Waals surface area (Å²) in [7, 11) is 1.78. The number of ether oxygens (including phenoxy) is 1. The third-order valence-electron chi connectivity index (χ3n) is 3.04. The lowest BCUT2D eigenvalue weighted by atomic mass is 10.3. The summed E-state index contributed by atoms with van der Waals surface area (Å²) in [4.78, 5) is 12.0. The Hall–Kier alpha value is -2.54. The van der Waals surface area contributed by atoms with Gasteiger partial charge in [-0.1, -0.05) is 15.9 Å². The van der Waals surface area contributed by atoms with Gasteiger partial charge < -0.3 is 14.5 Å². The van der Waals surface area contributed by atoms with E-state index in [1.165, 1.54) is 0 Å². The normalized spacial score (nSPS) is 10.5. The molecule has 3 rings (SSSR count). The lowest BCUT2D eigenvalue weighted by molar-refractivity contribution is 0.0992. The highest BCUT2D eigenvalue weighted by molar-refractivity contribution is 9.10. The average Bonchev–Trinajstić information content (AvgIpc) is 3.16. The molecule has 3 aromatic rings. The number of aromatic nitrogens is 2. The van der Waals surface area contributed by atoms with Gasteiger partial charge in [0.2, 0.25) is 0 Å². The van der Waals surface area contributed by atoms with Gasteiger partial charge in [0.25, 0.3) is 5.91 Å². The van der Waals surface area contributed by atoms with Crippen molar-refractivity contribution in [2.45, 2.75) is 6.61 Å². The van der Waals surface area contributed by atoms with Crippen LogP contribution in [-0.2, 0) is 13.7 Å². The Labute approximate surface area is 141 Å². The van der Waals surface area contributed by atoms with Gasteiger partial charge in [0, 0.05) is 23.8 Å². The van der Waals surface area contributed by atoms with E-state index in [0.717, 1.165) is 10.2 Å². The molecule has 0 bridgehead atoms. The number of carbonyl (C=O) groups excluding carboxylic acids is 1. The molecule has 1 aromatic carbocycles. The van der Waals surface area contributed by atoms with Gasteiger partial charge in [0.1, 0.15) is 18.1 Å². The van der Waals surface area contributed by atoms with Gasteiger partial charge in [0.15, 0.2) is 11.6 Å². The monoisotopic (exact) mass is 375 g/mol. The maximum absolute atomic E-state index is 12.0. The van der Waals surface area contributed by atoms with E-state index >= 15 is 0 Å². The van der Waals surface area contributed by atoms with E-state index in [0.29, 0.717) is 11.6 Å². The molecule has 0 atom stereocenters. The van der Waals surface area contributed by atoms with E-state index in [1.807, 2.05) is 24.3 Å². The minimum absolute atomic E-state index is 0.213. The highest BCUT2D eigenvalue weighted by Crippen LogP contribution is 2.18. The lowest BCUT2D eigenvalue weighted by Crippen LogP contribution is -2.11. The van der Waals surface area contributed by atoms with Gasteiger partial charge >= 0.3 is 0 Å². The van der Waals surface area contributed by atoms with Crippen LogP contribution >= 0.6 is 15.9 Å². The van der Waals surface area contributed by atoms with Crippen LogP contribution in [0.4, 0.5) is 5.82 Å². The largest absolute Gasteiger partial charge is 0.486 e. The van der Waals surface area contributed by atoms with Crippen LogP contribution in [0, 0.1) is 0 Å². The zero-order chi connectivity index (χ0) is 16.2. The quantitative estimate of drug-likeness (QED) is 0.739. The second kappa shape index (κ2) is 6.70. The Morgan fingerprint density at radius 1 is 1.26 bits per heavy atom. The standard InChI is InChI=1S/C16H14BrN3O3/c1-20-9-8-15(19-20)18-16(21)14-7-6-13(23-14)10-22-12-4-2-11(17)3-5-12/h2-9H,10H2,1H3,(H,18,19,21). The molecular weight excluding hydrogens is 362 g/mol. The summed E-state index contributed by atoms with van der Waals surface area (Å²) in [5, 5.41) is 6.74. The number of nitrogens with one attached hydrogen (secondary N) is 1. The van der Waals surface area contributed by atoms with Crippen molar-refractivity contribution in [3.63, 3.8) is 0 Å². The van der Waals surface area contributed by atoms with Crippen molar-refractivity contribution >= 4 is 27.7 Å². The number of rotatable bonds is 5. The number of halogens is 1. The number of nitrogens with zero attached hydrogens (tertiary/aromatic N) is 2. The van der Waals surface area contributed by atoms with Gasteiger partial charge in [-0.2, -0.15) is 5.10 Å². The van der Waals surface area contributed by atoms with E-state index < -0.39 is 0 Å². The first-order valence-corrected chi connectivity index (χ1v) is 7.67. The molecule has 23 heavy (non-hydrogen) atoms. The zero-order valence-electron chi connectivity index (χ0n) is 12.3. The average molecular weight is 376 g/mol. The minimum atomic E-state index is -0.349. The fourth-order valence-corrected chi connectivity index (χ4v) is 2.19. The number of amides is 1. The summed E-state index contributed by atoms with van der Waals surface area (Å²) in [6.45, 7) is 0.249. The number of furan rings is 1. The van der Waals surface area contributed by atoms with Gasteiger partial charge in [0.05, 0.1) is 0 Å². The van der Waals surface area contributed by atoms with Crippen molar-refractivity contribution in [2.24, 2.45) is 7.05 Å². The number of benzene rings is 1. The summed E-state index contributed by atoms with van der Waals surface area (Å²) in [6, 6.07) is 12.5. The van der Waals surface area contributed by atoms with Crippen LogP contribution < -0.4 is 10.1 Å². The molecule has 0 aliphatic heterocycles. The van der Waals surface area contributed by atoms with Crippen LogP contribution in [0.2, 0.25) is 0 Å². The van der Waals surface area contributed by atoms with Crippen LogP contribution in [-0.4, -0.2) is 15.7 Å². The highest BCUT2D eigenvalue weighted by atomic mass is 79.9. The molecule has 2 heterocycles. The SMILES string of the molecule is Cn1ccc(NC(=O)c2ccc(COc3ccc(Br)cc3)o2)n1. The number of hydrogen-bond donors (Lipinski definition) is 1. The van der Waals surface area contributed by atoms with Crippen molar-refractivity contribution in [1.29, 1.82) is 0 Å². The van der Waals surface area contributed by atoms with Crippen LogP contribution in [0.5, 0.6) is 5.75 Å². The van der Waals surface area contributed by atoms with E-state index in [9.17, 15) is 4.79 Å². The van der Waals surface area contributed by atoms with Gasteiger partial charge in [-0.05, 0) is 36.4 Å². The molecule has 0 unspecified atom stereocenters. The molecule has 7 heteroatoms. The summed E-state index contributed by atoms with van der Waals surface area (Å²) in [6.07, 6.45) is 1.75. The van der Waals surface area contributed by atoms with E-state index in [2.05, 4.69) is 26.3 Å². The van der Waals surface area contributed by atoms with E-state index in [-0.39, 0.29) is 18.3 Å². The van der Waals surface area contributed by atoms with Gasteiger partial charge in [-0.3, -0.25) is 9.48 Å². The molecule has 0 fully saturated rings. The third kappa shape index (κ3) is 4.01. The van der Waals surface area contributed by atoms with E-state index in [1.54, 1.807) is 36.1 Å². The number of hydrogen-bond acceptors (Lipinski definition) is 4. The van der Waals surface area contributed by atoms with Crippen LogP contribution in [0.3, 0.4) is 0 Å². The number of anilines is 1. The highest BCUT2D eigenvalue weighted by Gasteiger charge is 2.13. The number of carbonyl (C=O) groups is 1.